The van der Waals surface area contributed by atoms with Crippen LogP contribution in [0.4, 0.5) is 0 Å². The van der Waals surface area contributed by atoms with Crippen LogP contribution in [0.2, 0.25) is 0 Å². The van der Waals surface area contributed by atoms with Crippen molar-refractivity contribution in [3.05, 3.63) is 35.9 Å². The van der Waals surface area contributed by atoms with Gasteiger partial charge in [-0.1, -0.05) is 37.3 Å². The molecular formula is C18H29N3. The van der Waals surface area contributed by atoms with Crippen molar-refractivity contribution in [2.45, 2.75) is 51.4 Å². The van der Waals surface area contributed by atoms with Crippen LogP contribution in [0.25, 0.3) is 0 Å². The molecule has 3 heteroatoms. The van der Waals surface area contributed by atoms with Gasteiger partial charge in [0.15, 0.2) is 0 Å². The molecule has 0 bridgehead atoms. The Kier molecular flexibility index (Phi) is 4.63. The van der Waals surface area contributed by atoms with E-state index >= 15 is 0 Å². The number of likely N-dealkylation sites (tertiary alicyclic amines) is 2. The predicted molar refractivity (Wildman–Crippen MR) is 88.0 cm³/mol. The van der Waals surface area contributed by atoms with Crippen LogP contribution in [-0.2, 0) is 6.54 Å². The van der Waals surface area contributed by atoms with E-state index in [2.05, 4.69) is 54.0 Å². The highest BCUT2D eigenvalue weighted by Gasteiger charge is 2.37. The van der Waals surface area contributed by atoms with Gasteiger partial charge in [-0.15, -0.1) is 0 Å². The number of nitrogens with two attached hydrogens (primary N) is 1. The van der Waals surface area contributed by atoms with Crippen LogP contribution in [0, 0.1) is 5.92 Å². The number of benzene rings is 1. The molecule has 3 rings (SSSR count). The highest BCUT2D eigenvalue weighted by Crippen LogP contribution is 2.28. The van der Waals surface area contributed by atoms with E-state index < -0.39 is 0 Å². The van der Waals surface area contributed by atoms with Crippen LogP contribution < -0.4 is 5.73 Å². The molecule has 0 aromatic heterocycles. The molecule has 0 spiro atoms. The molecule has 2 fully saturated rings. The molecule has 0 amide bonds. The number of rotatable bonds is 3. The Bertz CT molecular complexity index is 447. The predicted octanol–water partition coefficient (Wildman–Crippen LogP) is 2.32. The summed E-state index contributed by atoms with van der Waals surface area (Å²) in [6.45, 7) is 9.28. The molecule has 2 saturated heterocycles. The Hall–Kier alpha value is -0.900. The molecule has 4 unspecified atom stereocenters. The van der Waals surface area contributed by atoms with E-state index in [0.717, 1.165) is 13.1 Å². The van der Waals surface area contributed by atoms with Crippen LogP contribution in [0.5, 0.6) is 0 Å². The average molecular weight is 287 g/mol. The van der Waals surface area contributed by atoms with Crippen molar-refractivity contribution in [1.82, 2.24) is 9.80 Å². The summed E-state index contributed by atoms with van der Waals surface area (Å²) in [4.78, 5) is 5.28. The molecule has 116 valence electrons. The Morgan fingerprint density at radius 2 is 1.86 bits per heavy atom. The molecule has 2 N–H and O–H groups in total. The molecule has 1 aromatic rings. The molecule has 1 aromatic carbocycles. The van der Waals surface area contributed by atoms with E-state index in [4.69, 9.17) is 5.73 Å². The lowest BCUT2D eigenvalue weighted by atomic mass is 9.92. The second kappa shape index (κ2) is 6.47. The topological polar surface area (TPSA) is 32.5 Å². The molecule has 0 saturated carbocycles. The van der Waals surface area contributed by atoms with Gasteiger partial charge in [-0.25, -0.2) is 0 Å². The van der Waals surface area contributed by atoms with Crippen LogP contribution in [-0.4, -0.2) is 47.6 Å². The Morgan fingerprint density at radius 1 is 1.10 bits per heavy atom. The lowest BCUT2D eigenvalue weighted by Gasteiger charge is -2.40. The summed E-state index contributed by atoms with van der Waals surface area (Å²) in [6.07, 6.45) is 2.54. The number of piperidine rings is 1. The standard InChI is InChI=1S/C18H29N3/c1-14-8-10-21(13-17(14)19)18-9-11-20(15(18)2)12-16-6-4-3-5-7-16/h3-7,14-15,17-18H,8-13,19H2,1-2H3. The normalized spacial score (nSPS) is 35.2. The Labute approximate surface area is 129 Å². The van der Waals surface area contributed by atoms with Crippen LogP contribution in [0.15, 0.2) is 30.3 Å². The highest BCUT2D eigenvalue weighted by molar-refractivity contribution is 5.15. The zero-order valence-corrected chi connectivity index (χ0v) is 13.4. The molecule has 0 radical (unpaired) electrons. The zero-order valence-electron chi connectivity index (χ0n) is 13.4. The first-order chi connectivity index (χ1) is 10.1. The quantitative estimate of drug-likeness (QED) is 0.926. The summed E-state index contributed by atoms with van der Waals surface area (Å²) < 4.78 is 0. The van der Waals surface area contributed by atoms with Gasteiger partial charge in [0, 0.05) is 37.8 Å². The highest BCUT2D eigenvalue weighted by atomic mass is 15.3. The maximum Gasteiger partial charge on any atom is 0.0261 e. The van der Waals surface area contributed by atoms with Crippen molar-refractivity contribution >= 4 is 0 Å². The first-order valence-corrected chi connectivity index (χ1v) is 8.42. The number of hydrogen-bond donors (Lipinski definition) is 1. The summed E-state index contributed by atoms with van der Waals surface area (Å²) in [5, 5.41) is 0. The minimum atomic E-state index is 0.356. The van der Waals surface area contributed by atoms with Crippen molar-refractivity contribution in [3.8, 4) is 0 Å². The summed E-state index contributed by atoms with van der Waals surface area (Å²) in [5.41, 5.74) is 7.71. The number of hydrogen-bond acceptors (Lipinski definition) is 3. The van der Waals surface area contributed by atoms with Gasteiger partial charge in [0.05, 0.1) is 0 Å². The summed E-state index contributed by atoms with van der Waals surface area (Å²) in [6, 6.07) is 12.5. The molecule has 0 aliphatic carbocycles. The monoisotopic (exact) mass is 287 g/mol. The van der Waals surface area contributed by atoms with E-state index in [1.165, 1.54) is 31.5 Å². The van der Waals surface area contributed by atoms with Gasteiger partial charge < -0.3 is 5.73 Å². The van der Waals surface area contributed by atoms with E-state index in [1.54, 1.807) is 0 Å². The molecule has 4 atom stereocenters. The SMILES string of the molecule is CC1CCN(C2CCN(Cc3ccccc3)C2C)CC1N. The third kappa shape index (κ3) is 3.31. The summed E-state index contributed by atoms with van der Waals surface area (Å²) >= 11 is 0. The van der Waals surface area contributed by atoms with Gasteiger partial charge in [-0.3, -0.25) is 9.80 Å². The minimum Gasteiger partial charge on any atom is -0.326 e. The van der Waals surface area contributed by atoms with Crippen LogP contribution in [0.1, 0.15) is 32.3 Å². The summed E-state index contributed by atoms with van der Waals surface area (Å²) in [7, 11) is 0. The Balaban J connectivity index is 1.60. The van der Waals surface area contributed by atoms with Crippen molar-refractivity contribution in [3.63, 3.8) is 0 Å². The first kappa shape index (κ1) is 15.0. The Morgan fingerprint density at radius 3 is 2.57 bits per heavy atom. The largest absolute Gasteiger partial charge is 0.326 e. The van der Waals surface area contributed by atoms with Crippen molar-refractivity contribution < 1.29 is 0 Å². The smallest absolute Gasteiger partial charge is 0.0261 e. The van der Waals surface area contributed by atoms with Crippen molar-refractivity contribution in [2.75, 3.05) is 19.6 Å². The average Bonchev–Trinajstić information content (AvgIpc) is 2.84. The van der Waals surface area contributed by atoms with Crippen molar-refractivity contribution in [2.24, 2.45) is 11.7 Å². The fraction of sp³-hybridized carbons (Fsp3) is 0.667. The minimum absolute atomic E-state index is 0.356. The molecule has 2 aliphatic heterocycles. The summed E-state index contributed by atoms with van der Waals surface area (Å²) in [5.74, 6) is 0.679. The van der Waals surface area contributed by atoms with E-state index in [-0.39, 0.29) is 0 Å². The van der Waals surface area contributed by atoms with Gasteiger partial charge in [0.1, 0.15) is 0 Å². The van der Waals surface area contributed by atoms with Gasteiger partial charge in [0.25, 0.3) is 0 Å². The third-order valence-electron chi connectivity index (χ3n) is 5.59. The number of nitrogens with zero attached hydrogens (tertiary/aromatic N) is 2. The van der Waals surface area contributed by atoms with Gasteiger partial charge >= 0.3 is 0 Å². The fourth-order valence-corrected chi connectivity index (χ4v) is 3.94. The lowest BCUT2D eigenvalue weighted by molar-refractivity contribution is 0.0957. The first-order valence-electron chi connectivity index (χ1n) is 8.42. The van der Waals surface area contributed by atoms with E-state index in [1.807, 2.05) is 0 Å². The van der Waals surface area contributed by atoms with Crippen LogP contribution >= 0.6 is 0 Å². The third-order valence-corrected chi connectivity index (χ3v) is 5.59. The van der Waals surface area contributed by atoms with E-state index in [9.17, 15) is 0 Å². The molecule has 3 nitrogen and oxygen atoms in total. The zero-order chi connectivity index (χ0) is 14.8. The van der Waals surface area contributed by atoms with Gasteiger partial charge in [0.2, 0.25) is 0 Å². The fourth-order valence-electron chi connectivity index (χ4n) is 3.94. The van der Waals surface area contributed by atoms with E-state index in [0.29, 0.717) is 24.0 Å². The molecular weight excluding hydrogens is 258 g/mol. The lowest BCUT2D eigenvalue weighted by Crippen LogP contribution is -2.53. The molecule has 2 heterocycles. The molecule has 21 heavy (non-hydrogen) atoms. The van der Waals surface area contributed by atoms with Gasteiger partial charge in [-0.2, -0.15) is 0 Å². The van der Waals surface area contributed by atoms with Gasteiger partial charge in [-0.05, 0) is 37.8 Å². The molecule has 2 aliphatic rings. The maximum atomic E-state index is 6.28. The second-order valence-electron chi connectivity index (χ2n) is 6.98. The maximum absolute atomic E-state index is 6.28. The van der Waals surface area contributed by atoms with Crippen LogP contribution in [0.3, 0.4) is 0 Å². The second-order valence-corrected chi connectivity index (χ2v) is 6.98. The van der Waals surface area contributed by atoms with Crippen molar-refractivity contribution in [1.29, 1.82) is 0 Å².